The van der Waals surface area contributed by atoms with Crippen LogP contribution in [0.4, 0.5) is 16.2 Å². The van der Waals surface area contributed by atoms with E-state index in [9.17, 15) is 14.4 Å². The van der Waals surface area contributed by atoms with Crippen LogP contribution in [-0.2, 0) is 16.8 Å². The van der Waals surface area contributed by atoms with E-state index in [1.165, 1.54) is 10.5 Å². The van der Waals surface area contributed by atoms with Crippen LogP contribution in [0.25, 0.3) is 0 Å². The number of nitrogens with zero attached hydrogens (tertiary/aromatic N) is 2. The molecule has 200 valence electrons. The highest BCUT2D eigenvalue weighted by atomic mass is 16.5. The highest BCUT2D eigenvalue weighted by Crippen LogP contribution is 2.48. The average molecular weight is 524 g/mol. The van der Waals surface area contributed by atoms with Gasteiger partial charge in [-0.05, 0) is 72.9 Å². The van der Waals surface area contributed by atoms with Crippen molar-refractivity contribution in [3.63, 3.8) is 0 Å². The third-order valence-electron chi connectivity index (χ3n) is 9.07. The number of carbonyl (C=O) groups is 3. The SMILES string of the molecule is CCC1(c2ccccc2)CCC2(CC1)CN(c1cccc3c1C(=O)C(=O)N3Cc1ccc(OC)cc1)C(=O)N2. The maximum Gasteiger partial charge on any atom is 0.322 e. The number of benzene rings is 3. The summed E-state index contributed by atoms with van der Waals surface area (Å²) in [5.74, 6) is -0.418. The quantitative estimate of drug-likeness (QED) is 0.426. The fourth-order valence-corrected chi connectivity index (χ4v) is 6.65. The first kappa shape index (κ1) is 25.2. The van der Waals surface area contributed by atoms with Crippen molar-refractivity contribution in [2.45, 2.75) is 56.5 Å². The Morgan fingerprint density at radius 1 is 0.846 bits per heavy atom. The van der Waals surface area contributed by atoms with E-state index in [0.29, 0.717) is 23.5 Å². The molecule has 3 aromatic rings. The van der Waals surface area contributed by atoms with Crippen molar-refractivity contribution >= 4 is 29.1 Å². The molecule has 7 nitrogen and oxygen atoms in total. The molecule has 1 saturated heterocycles. The molecule has 1 aliphatic carbocycles. The second-order valence-corrected chi connectivity index (χ2v) is 11.0. The van der Waals surface area contributed by atoms with Gasteiger partial charge >= 0.3 is 6.03 Å². The summed E-state index contributed by atoms with van der Waals surface area (Å²) in [7, 11) is 1.60. The van der Waals surface area contributed by atoms with E-state index in [1.54, 1.807) is 24.1 Å². The summed E-state index contributed by atoms with van der Waals surface area (Å²) in [6.07, 6.45) is 4.76. The molecule has 0 aromatic heterocycles. The molecule has 1 saturated carbocycles. The Kier molecular flexibility index (Phi) is 6.17. The van der Waals surface area contributed by atoms with Crippen LogP contribution in [0.1, 0.15) is 60.5 Å². The molecule has 1 spiro atoms. The number of amides is 3. The summed E-state index contributed by atoms with van der Waals surface area (Å²) in [5.41, 5.74) is 3.38. The Hall–Kier alpha value is -4.13. The van der Waals surface area contributed by atoms with Gasteiger partial charge in [-0.15, -0.1) is 0 Å². The molecule has 2 heterocycles. The average Bonchev–Trinajstić information content (AvgIpc) is 3.43. The van der Waals surface area contributed by atoms with E-state index in [0.717, 1.165) is 43.4 Å². The number of fused-ring (bicyclic) bond motifs is 1. The summed E-state index contributed by atoms with van der Waals surface area (Å²) in [6, 6.07) is 23.3. The van der Waals surface area contributed by atoms with Crippen LogP contribution in [0.2, 0.25) is 0 Å². The maximum absolute atomic E-state index is 13.4. The zero-order valence-corrected chi connectivity index (χ0v) is 22.4. The number of rotatable bonds is 6. The van der Waals surface area contributed by atoms with Crippen molar-refractivity contribution in [3.05, 3.63) is 89.5 Å². The van der Waals surface area contributed by atoms with E-state index >= 15 is 0 Å². The van der Waals surface area contributed by atoms with E-state index in [-0.39, 0.29) is 23.5 Å². The molecule has 3 amide bonds. The van der Waals surface area contributed by atoms with Gasteiger partial charge in [0.05, 0.1) is 42.7 Å². The van der Waals surface area contributed by atoms with Gasteiger partial charge in [-0.3, -0.25) is 14.5 Å². The lowest BCUT2D eigenvalue weighted by Gasteiger charge is -2.44. The number of hydrogen-bond donors (Lipinski definition) is 1. The second-order valence-electron chi connectivity index (χ2n) is 11.0. The Bertz CT molecular complexity index is 1430. The Balaban J connectivity index is 1.25. The van der Waals surface area contributed by atoms with Gasteiger partial charge in [0.2, 0.25) is 0 Å². The minimum atomic E-state index is -0.573. The van der Waals surface area contributed by atoms with Gasteiger partial charge in [-0.1, -0.05) is 55.5 Å². The Morgan fingerprint density at radius 2 is 1.54 bits per heavy atom. The lowest BCUT2D eigenvalue weighted by atomic mass is 9.63. The number of anilines is 2. The van der Waals surface area contributed by atoms with Crippen LogP contribution in [0.15, 0.2) is 72.8 Å². The Morgan fingerprint density at radius 3 is 2.21 bits per heavy atom. The highest BCUT2D eigenvalue weighted by Gasteiger charge is 2.50. The number of methoxy groups -OCH3 is 1. The van der Waals surface area contributed by atoms with Gasteiger partial charge in [0.1, 0.15) is 5.75 Å². The molecule has 1 N–H and O–H groups in total. The predicted molar refractivity (Wildman–Crippen MR) is 150 cm³/mol. The monoisotopic (exact) mass is 523 g/mol. The van der Waals surface area contributed by atoms with E-state index in [2.05, 4.69) is 42.6 Å². The molecule has 3 aliphatic rings. The largest absolute Gasteiger partial charge is 0.497 e. The second kappa shape index (κ2) is 9.56. The molecular weight excluding hydrogens is 490 g/mol. The first-order chi connectivity index (χ1) is 18.9. The number of carbonyl (C=O) groups excluding carboxylic acids is 3. The number of nitrogens with one attached hydrogen (secondary N) is 1. The van der Waals surface area contributed by atoms with Gasteiger partial charge < -0.3 is 15.0 Å². The van der Waals surface area contributed by atoms with E-state index < -0.39 is 11.7 Å². The summed E-state index contributed by atoms with van der Waals surface area (Å²) in [6.45, 7) is 2.99. The summed E-state index contributed by atoms with van der Waals surface area (Å²) < 4.78 is 5.23. The van der Waals surface area contributed by atoms with Crippen molar-refractivity contribution in [1.82, 2.24) is 5.32 Å². The summed E-state index contributed by atoms with van der Waals surface area (Å²) >= 11 is 0. The van der Waals surface area contributed by atoms with Gasteiger partial charge in [0.15, 0.2) is 0 Å². The van der Waals surface area contributed by atoms with Crippen molar-refractivity contribution in [1.29, 1.82) is 0 Å². The number of ketones is 1. The van der Waals surface area contributed by atoms with E-state index in [4.69, 9.17) is 4.74 Å². The number of ether oxygens (including phenoxy) is 1. The normalized spacial score (nSPS) is 24.3. The fourth-order valence-electron chi connectivity index (χ4n) is 6.65. The van der Waals surface area contributed by atoms with Crippen LogP contribution in [-0.4, -0.2) is 36.9 Å². The van der Waals surface area contributed by atoms with Crippen molar-refractivity contribution in [2.24, 2.45) is 0 Å². The zero-order chi connectivity index (χ0) is 27.2. The zero-order valence-electron chi connectivity index (χ0n) is 22.4. The number of urea groups is 1. The third kappa shape index (κ3) is 4.17. The number of Topliss-reactive ketones (excluding diaryl/α,β-unsaturated/α-hetero) is 1. The fraction of sp³-hybridized carbons (Fsp3) is 0.344. The van der Waals surface area contributed by atoms with Gasteiger partial charge in [-0.2, -0.15) is 0 Å². The van der Waals surface area contributed by atoms with Crippen molar-refractivity contribution < 1.29 is 19.1 Å². The smallest absolute Gasteiger partial charge is 0.322 e. The molecule has 0 bridgehead atoms. The highest BCUT2D eigenvalue weighted by molar-refractivity contribution is 6.53. The molecule has 7 heteroatoms. The Labute approximate surface area is 228 Å². The van der Waals surface area contributed by atoms with Gasteiger partial charge in [0, 0.05) is 0 Å². The molecular formula is C32H33N3O4. The lowest BCUT2D eigenvalue weighted by molar-refractivity contribution is -0.114. The molecule has 39 heavy (non-hydrogen) atoms. The topological polar surface area (TPSA) is 79.0 Å². The maximum atomic E-state index is 13.4. The molecule has 0 radical (unpaired) electrons. The first-order valence-electron chi connectivity index (χ1n) is 13.7. The van der Waals surface area contributed by atoms with Crippen LogP contribution in [0, 0.1) is 0 Å². The molecule has 0 unspecified atom stereocenters. The van der Waals surface area contributed by atoms with Crippen LogP contribution in [0.3, 0.4) is 0 Å². The molecule has 6 rings (SSSR count). The first-order valence-corrected chi connectivity index (χ1v) is 13.7. The predicted octanol–water partition coefficient (Wildman–Crippen LogP) is 5.62. The van der Waals surface area contributed by atoms with Crippen LogP contribution >= 0.6 is 0 Å². The molecule has 2 aliphatic heterocycles. The molecule has 3 aromatic carbocycles. The molecule has 2 fully saturated rings. The van der Waals surface area contributed by atoms with Crippen molar-refractivity contribution in [2.75, 3.05) is 23.5 Å². The number of hydrogen-bond acceptors (Lipinski definition) is 4. The summed E-state index contributed by atoms with van der Waals surface area (Å²) in [5, 5.41) is 3.28. The van der Waals surface area contributed by atoms with Crippen LogP contribution < -0.4 is 19.9 Å². The van der Waals surface area contributed by atoms with Gasteiger partial charge in [0.25, 0.3) is 11.7 Å². The standard InChI is InChI=1S/C32H33N3O4/c1-3-31(23-8-5-4-6-9-23)16-18-32(19-17-31)21-35(30(38)33-32)26-11-7-10-25-27(26)28(36)29(37)34(25)20-22-12-14-24(39-2)15-13-22/h4-15H,3,16-21H2,1-2H3,(H,33,38). The van der Waals surface area contributed by atoms with E-state index in [1.807, 2.05) is 30.3 Å². The lowest BCUT2D eigenvalue weighted by Crippen LogP contribution is -2.49. The van der Waals surface area contributed by atoms with Crippen molar-refractivity contribution in [3.8, 4) is 5.75 Å². The minimum Gasteiger partial charge on any atom is -0.497 e. The molecule has 0 atom stereocenters. The third-order valence-corrected chi connectivity index (χ3v) is 9.07. The minimum absolute atomic E-state index is 0.114. The summed E-state index contributed by atoms with van der Waals surface area (Å²) in [4.78, 5) is 42.9. The van der Waals surface area contributed by atoms with Gasteiger partial charge in [-0.25, -0.2) is 4.79 Å². The van der Waals surface area contributed by atoms with Crippen LogP contribution in [0.5, 0.6) is 5.75 Å².